The van der Waals surface area contributed by atoms with Gasteiger partial charge < -0.3 is 18.6 Å². The first-order valence-corrected chi connectivity index (χ1v) is 8.77. The largest absolute Gasteiger partial charge is 0.454 e. The van der Waals surface area contributed by atoms with E-state index in [-0.39, 0.29) is 12.7 Å². The minimum Gasteiger partial charge on any atom is -0.454 e. The van der Waals surface area contributed by atoms with E-state index in [2.05, 4.69) is 10.2 Å². The zero-order valence-corrected chi connectivity index (χ0v) is 15.4. The molecule has 0 spiro atoms. The van der Waals surface area contributed by atoms with Crippen LogP contribution >= 0.6 is 0 Å². The minimum atomic E-state index is -0.666. The SMILES string of the molecule is Cc1ccc(-c2nnc([C@@H](C)OC(=O)/C=C/c3ccc4c(c3)OCO4)o2)cc1. The Morgan fingerprint density at radius 1 is 1.11 bits per heavy atom. The summed E-state index contributed by atoms with van der Waals surface area (Å²) in [7, 11) is 0. The molecule has 1 aromatic heterocycles. The second-order valence-electron chi connectivity index (χ2n) is 6.34. The summed E-state index contributed by atoms with van der Waals surface area (Å²) in [6.45, 7) is 3.89. The molecular weight excluding hydrogens is 360 g/mol. The molecule has 0 saturated carbocycles. The van der Waals surface area contributed by atoms with Crippen LogP contribution in [-0.2, 0) is 9.53 Å². The number of esters is 1. The maximum atomic E-state index is 12.1. The summed E-state index contributed by atoms with van der Waals surface area (Å²) in [5, 5.41) is 8.00. The van der Waals surface area contributed by atoms with Crippen LogP contribution in [0.4, 0.5) is 0 Å². The smallest absolute Gasteiger partial charge is 0.331 e. The van der Waals surface area contributed by atoms with Crippen molar-refractivity contribution in [1.29, 1.82) is 0 Å². The molecule has 7 nitrogen and oxygen atoms in total. The Kier molecular flexibility index (Phi) is 4.80. The summed E-state index contributed by atoms with van der Waals surface area (Å²) in [6, 6.07) is 13.1. The van der Waals surface area contributed by atoms with Gasteiger partial charge in [-0.3, -0.25) is 0 Å². The zero-order valence-electron chi connectivity index (χ0n) is 15.4. The van der Waals surface area contributed by atoms with E-state index in [0.717, 1.165) is 16.7 Å². The van der Waals surface area contributed by atoms with Crippen LogP contribution in [0.25, 0.3) is 17.5 Å². The third-order valence-electron chi connectivity index (χ3n) is 4.19. The van der Waals surface area contributed by atoms with Gasteiger partial charge in [0.1, 0.15) is 0 Å². The first-order chi connectivity index (χ1) is 13.6. The predicted octanol–water partition coefficient (Wildman–Crippen LogP) is 4.09. The van der Waals surface area contributed by atoms with Gasteiger partial charge in [0.15, 0.2) is 17.6 Å². The van der Waals surface area contributed by atoms with Crippen LogP contribution in [0.15, 0.2) is 53.0 Å². The quantitative estimate of drug-likeness (QED) is 0.488. The summed E-state index contributed by atoms with van der Waals surface area (Å²) in [6.07, 6.45) is 2.31. The second-order valence-corrected chi connectivity index (χ2v) is 6.34. The Bertz CT molecular complexity index is 1020. The highest BCUT2D eigenvalue weighted by Gasteiger charge is 2.18. The van der Waals surface area contributed by atoms with Crippen molar-refractivity contribution >= 4 is 12.0 Å². The van der Waals surface area contributed by atoms with Crippen molar-refractivity contribution in [1.82, 2.24) is 10.2 Å². The Morgan fingerprint density at radius 3 is 2.71 bits per heavy atom. The number of fused-ring (bicyclic) bond motifs is 1. The van der Waals surface area contributed by atoms with Crippen molar-refractivity contribution in [2.45, 2.75) is 20.0 Å². The number of nitrogens with zero attached hydrogens (tertiary/aromatic N) is 2. The molecule has 3 aromatic rings. The van der Waals surface area contributed by atoms with Crippen LogP contribution in [0.2, 0.25) is 0 Å². The Hall–Kier alpha value is -3.61. The van der Waals surface area contributed by atoms with Gasteiger partial charge in [-0.1, -0.05) is 23.8 Å². The zero-order chi connectivity index (χ0) is 19.5. The topological polar surface area (TPSA) is 83.7 Å². The van der Waals surface area contributed by atoms with Crippen LogP contribution in [0.1, 0.15) is 30.0 Å². The van der Waals surface area contributed by atoms with E-state index in [4.69, 9.17) is 18.6 Å². The lowest BCUT2D eigenvalue weighted by atomic mass is 10.1. The van der Waals surface area contributed by atoms with Gasteiger partial charge in [0.25, 0.3) is 5.89 Å². The second kappa shape index (κ2) is 7.56. The first-order valence-electron chi connectivity index (χ1n) is 8.77. The molecular formula is C21H18N2O5. The molecule has 28 heavy (non-hydrogen) atoms. The van der Waals surface area contributed by atoms with Gasteiger partial charge in [-0.15, -0.1) is 10.2 Å². The number of hydrogen-bond donors (Lipinski definition) is 0. The maximum absolute atomic E-state index is 12.1. The molecule has 0 saturated heterocycles. The number of rotatable bonds is 5. The normalized spacial score (nSPS) is 13.6. The molecule has 1 aliphatic heterocycles. The minimum absolute atomic E-state index is 0.205. The number of aromatic nitrogens is 2. The summed E-state index contributed by atoms with van der Waals surface area (Å²) < 4.78 is 21.5. The van der Waals surface area contributed by atoms with Gasteiger partial charge in [-0.05, 0) is 49.8 Å². The fraction of sp³-hybridized carbons (Fsp3) is 0.190. The van der Waals surface area contributed by atoms with Crippen LogP contribution < -0.4 is 9.47 Å². The highest BCUT2D eigenvalue weighted by molar-refractivity contribution is 5.87. The van der Waals surface area contributed by atoms with Gasteiger partial charge in [0, 0.05) is 11.6 Å². The third-order valence-corrected chi connectivity index (χ3v) is 4.19. The number of carbonyl (C=O) groups excluding carboxylic acids is 1. The Balaban J connectivity index is 1.38. The monoisotopic (exact) mass is 378 g/mol. The lowest BCUT2D eigenvalue weighted by Crippen LogP contribution is -2.06. The van der Waals surface area contributed by atoms with Crippen LogP contribution in [0.5, 0.6) is 11.5 Å². The molecule has 4 rings (SSSR count). The van der Waals surface area contributed by atoms with Gasteiger partial charge >= 0.3 is 5.97 Å². The first kappa shape index (κ1) is 17.8. The van der Waals surface area contributed by atoms with Crippen molar-refractivity contribution in [3.63, 3.8) is 0 Å². The standard InChI is InChI=1S/C21H18N2O5/c1-13-3-7-16(8-4-13)21-23-22-20(28-21)14(2)27-19(24)10-6-15-5-9-17-18(11-15)26-12-25-17/h3-11,14H,12H2,1-2H3/b10-6+/t14-/m1/s1. The lowest BCUT2D eigenvalue weighted by molar-refractivity contribution is -0.143. The molecule has 142 valence electrons. The molecule has 1 atom stereocenters. The molecule has 0 amide bonds. The van der Waals surface area contributed by atoms with E-state index in [1.165, 1.54) is 6.08 Å². The maximum Gasteiger partial charge on any atom is 0.331 e. The molecule has 2 heterocycles. The average molecular weight is 378 g/mol. The molecule has 0 unspecified atom stereocenters. The molecule has 0 N–H and O–H groups in total. The van der Waals surface area contributed by atoms with E-state index in [9.17, 15) is 4.79 Å². The molecule has 2 aromatic carbocycles. The molecule has 1 aliphatic rings. The van der Waals surface area contributed by atoms with E-state index >= 15 is 0 Å². The molecule has 0 bridgehead atoms. The lowest BCUT2D eigenvalue weighted by Gasteiger charge is -2.06. The molecule has 0 fully saturated rings. The molecule has 0 radical (unpaired) electrons. The van der Waals surface area contributed by atoms with Gasteiger partial charge in [0.2, 0.25) is 12.7 Å². The van der Waals surface area contributed by atoms with Crippen LogP contribution in [0, 0.1) is 6.92 Å². The highest BCUT2D eigenvalue weighted by atomic mass is 16.7. The van der Waals surface area contributed by atoms with E-state index in [0.29, 0.717) is 17.4 Å². The van der Waals surface area contributed by atoms with Crippen LogP contribution in [-0.4, -0.2) is 23.0 Å². The molecule has 0 aliphatic carbocycles. The summed E-state index contributed by atoms with van der Waals surface area (Å²) in [5.74, 6) is 1.45. The highest BCUT2D eigenvalue weighted by Crippen LogP contribution is 2.32. The number of benzene rings is 2. The number of hydrogen-bond acceptors (Lipinski definition) is 7. The molecule has 7 heteroatoms. The fourth-order valence-corrected chi connectivity index (χ4v) is 2.66. The van der Waals surface area contributed by atoms with Crippen molar-refractivity contribution in [2.75, 3.05) is 6.79 Å². The average Bonchev–Trinajstić information content (AvgIpc) is 3.36. The summed E-state index contributed by atoms with van der Waals surface area (Å²) in [5.41, 5.74) is 2.75. The summed E-state index contributed by atoms with van der Waals surface area (Å²) in [4.78, 5) is 12.1. The van der Waals surface area contributed by atoms with Gasteiger partial charge in [-0.25, -0.2) is 4.79 Å². The van der Waals surface area contributed by atoms with Crippen molar-refractivity contribution in [3.8, 4) is 23.0 Å². The number of carbonyl (C=O) groups is 1. The number of aryl methyl sites for hydroxylation is 1. The fourth-order valence-electron chi connectivity index (χ4n) is 2.66. The van der Waals surface area contributed by atoms with Gasteiger partial charge in [0.05, 0.1) is 0 Å². The van der Waals surface area contributed by atoms with Crippen molar-refractivity contribution in [3.05, 3.63) is 65.6 Å². The van der Waals surface area contributed by atoms with E-state index < -0.39 is 12.1 Å². The summed E-state index contributed by atoms with van der Waals surface area (Å²) >= 11 is 0. The van der Waals surface area contributed by atoms with E-state index in [1.807, 2.05) is 37.3 Å². The van der Waals surface area contributed by atoms with Crippen LogP contribution in [0.3, 0.4) is 0 Å². The number of ether oxygens (including phenoxy) is 3. The van der Waals surface area contributed by atoms with Gasteiger partial charge in [-0.2, -0.15) is 0 Å². The van der Waals surface area contributed by atoms with Crippen molar-refractivity contribution < 1.29 is 23.4 Å². The predicted molar refractivity (Wildman–Crippen MR) is 101 cm³/mol. The Morgan fingerprint density at radius 2 is 1.89 bits per heavy atom. The van der Waals surface area contributed by atoms with Crippen molar-refractivity contribution in [2.24, 2.45) is 0 Å². The third kappa shape index (κ3) is 3.88. The van der Waals surface area contributed by atoms with E-state index in [1.54, 1.807) is 25.1 Å². The Labute approximate surface area is 161 Å².